The minimum atomic E-state index is -0.300. The first kappa shape index (κ1) is 18.3. The number of benzene rings is 2. The third kappa shape index (κ3) is 3.55. The van der Waals surface area contributed by atoms with Crippen molar-refractivity contribution in [2.75, 3.05) is 18.5 Å². The van der Waals surface area contributed by atoms with E-state index in [0.717, 1.165) is 15.7 Å². The molecule has 3 rings (SSSR count). The van der Waals surface area contributed by atoms with Crippen molar-refractivity contribution >= 4 is 39.3 Å². The molecule has 0 unspecified atom stereocenters. The fourth-order valence-electron chi connectivity index (χ4n) is 2.93. The molecule has 1 heterocycles. The van der Waals surface area contributed by atoms with Crippen LogP contribution in [0.1, 0.15) is 39.1 Å². The van der Waals surface area contributed by atoms with Crippen molar-refractivity contribution in [1.29, 1.82) is 0 Å². The van der Waals surface area contributed by atoms with Crippen LogP contribution in [0.5, 0.6) is 0 Å². The summed E-state index contributed by atoms with van der Waals surface area (Å²) in [6.45, 7) is 2.23. The van der Waals surface area contributed by atoms with Crippen LogP contribution in [-0.2, 0) is 4.79 Å². The molecule has 0 bridgehead atoms. The van der Waals surface area contributed by atoms with E-state index in [1.807, 2.05) is 31.2 Å². The second-order valence-corrected chi connectivity index (χ2v) is 7.26. The van der Waals surface area contributed by atoms with Crippen molar-refractivity contribution in [1.82, 2.24) is 4.90 Å². The van der Waals surface area contributed by atoms with Gasteiger partial charge in [-0.05, 0) is 43.7 Å². The standard InChI is InChI=1S/C20H19BrN2O3/c1-13-5-8-15(9-6-13)22(2)18(24)4-3-11-23-19(25)16-10-7-14(21)12-17(16)20(23)26/h5-10,12H,3-4,11H2,1-2H3. The molecule has 5 nitrogen and oxygen atoms in total. The topological polar surface area (TPSA) is 57.7 Å². The first-order valence-electron chi connectivity index (χ1n) is 8.37. The Bertz CT molecular complexity index is 877. The number of aryl methyl sites for hydroxylation is 1. The molecule has 2 aromatic rings. The number of carbonyl (C=O) groups is 3. The second-order valence-electron chi connectivity index (χ2n) is 6.34. The summed E-state index contributed by atoms with van der Waals surface area (Å²) in [4.78, 5) is 40.0. The predicted molar refractivity (Wildman–Crippen MR) is 103 cm³/mol. The highest BCUT2D eigenvalue weighted by Crippen LogP contribution is 2.26. The minimum Gasteiger partial charge on any atom is -0.316 e. The van der Waals surface area contributed by atoms with Crippen LogP contribution in [-0.4, -0.2) is 36.2 Å². The fraction of sp³-hybridized carbons (Fsp3) is 0.250. The number of anilines is 1. The minimum absolute atomic E-state index is 0.0480. The van der Waals surface area contributed by atoms with Crippen molar-refractivity contribution in [3.05, 3.63) is 63.6 Å². The molecule has 0 saturated carbocycles. The first-order valence-corrected chi connectivity index (χ1v) is 9.17. The first-order chi connectivity index (χ1) is 12.4. The summed E-state index contributed by atoms with van der Waals surface area (Å²) >= 11 is 3.31. The van der Waals surface area contributed by atoms with Gasteiger partial charge in [0.25, 0.3) is 11.8 Å². The van der Waals surface area contributed by atoms with Crippen molar-refractivity contribution in [2.24, 2.45) is 0 Å². The SMILES string of the molecule is Cc1ccc(N(C)C(=O)CCCN2C(=O)c3ccc(Br)cc3C2=O)cc1. The van der Waals surface area contributed by atoms with Crippen LogP contribution in [0.15, 0.2) is 46.9 Å². The zero-order valence-corrected chi connectivity index (χ0v) is 16.2. The zero-order valence-electron chi connectivity index (χ0n) is 14.7. The lowest BCUT2D eigenvalue weighted by atomic mass is 10.1. The average Bonchev–Trinajstić information content (AvgIpc) is 2.86. The van der Waals surface area contributed by atoms with Crippen LogP contribution >= 0.6 is 15.9 Å². The normalized spacial score (nSPS) is 13.1. The molecule has 1 aliphatic rings. The number of imide groups is 1. The smallest absolute Gasteiger partial charge is 0.261 e. The van der Waals surface area contributed by atoms with E-state index in [2.05, 4.69) is 15.9 Å². The summed E-state index contributed by atoms with van der Waals surface area (Å²) in [7, 11) is 1.73. The lowest BCUT2D eigenvalue weighted by Crippen LogP contribution is -2.32. The molecule has 0 N–H and O–H groups in total. The summed E-state index contributed by atoms with van der Waals surface area (Å²) in [6.07, 6.45) is 0.698. The Labute approximate surface area is 160 Å². The Morgan fingerprint density at radius 3 is 2.38 bits per heavy atom. The zero-order chi connectivity index (χ0) is 18.8. The van der Waals surface area contributed by atoms with Gasteiger partial charge in [-0.15, -0.1) is 0 Å². The highest BCUT2D eigenvalue weighted by Gasteiger charge is 2.35. The molecule has 2 aromatic carbocycles. The Balaban J connectivity index is 1.58. The summed E-state index contributed by atoms with van der Waals surface area (Å²) < 4.78 is 0.758. The Kier molecular flexibility index (Phi) is 5.23. The number of fused-ring (bicyclic) bond motifs is 1. The number of hydrogen-bond donors (Lipinski definition) is 0. The van der Waals surface area contributed by atoms with Gasteiger partial charge in [-0.25, -0.2) is 0 Å². The highest BCUT2D eigenvalue weighted by atomic mass is 79.9. The fourth-order valence-corrected chi connectivity index (χ4v) is 3.30. The number of nitrogens with zero attached hydrogens (tertiary/aromatic N) is 2. The van der Waals surface area contributed by atoms with Gasteiger partial charge in [-0.3, -0.25) is 19.3 Å². The van der Waals surface area contributed by atoms with E-state index in [-0.39, 0.29) is 30.7 Å². The van der Waals surface area contributed by atoms with Gasteiger partial charge in [0.1, 0.15) is 0 Å². The van der Waals surface area contributed by atoms with E-state index in [4.69, 9.17) is 0 Å². The molecule has 0 radical (unpaired) electrons. The molecule has 0 atom stereocenters. The maximum atomic E-state index is 12.4. The van der Waals surface area contributed by atoms with Gasteiger partial charge in [0.05, 0.1) is 11.1 Å². The Hall–Kier alpha value is -2.47. The number of halogens is 1. The average molecular weight is 415 g/mol. The van der Waals surface area contributed by atoms with E-state index < -0.39 is 0 Å². The summed E-state index contributed by atoms with van der Waals surface area (Å²) in [5, 5.41) is 0. The van der Waals surface area contributed by atoms with Crippen LogP contribution in [0, 0.1) is 6.92 Å². The number of carbonyl (C=O) groups excluding carboxylic acids is 3. The van der Waals surface area contributed by atoms with Crippen LogP contribution < -0.4 is 4.90 Å². The molecule has 0 fully saturated rings. The molecular formula is C20H19BrN2O3. The summed E-state index contributed by atoms with van der Waals surface area (Å²) in [5.41, 5.74) is 2.78. The maximum Gasteiger partial charge on any atom is 0.261 e. The molecule has 3 amide bonds. The molecule has 0 aliphatic carbocycles. The van der Waals surface area contributed by atoms with Gasteiger partial charge in [0.15, 0.2) is 0 Å². The molecule has 0 spiro atoms. The van der Waals surface area contributed by atoms with Gasteiger partial charge >= 0.3 is 0 Å². The summed E-state index contributed by atoms with van der Waals surface area (Å²) in [6, 6.07) is 12.8. The van der Waals surface area contributed by atoms with E-state index in [9.17, 15) is 14.4 Å². The predicted octanol–water partition coefficient (Wildman–Crippen LogP) is 3.80. The molecule has 0 saturated heterocycles. The van der Waals surface area contributed by atoms with Crippen LogP contribution in [0.25, 0.3) is 0 Å². The quantitative estimate of drug-likeness (QED) is 0.699. The Morgan fingerprint density at radius 1 is 1.04 bits per heavy atom. The molecule has 0 aromatic heterocycles. The largest absolute Gasteiger partial charge is 0.316 e. The van der Waals surface area contributed by atoms with Gasteiger partial charge < -0.3 is 4.90 Å². The van der Waals surface area contributed by atoms with Crippen molar-refractivity contribution < 1.29 is 14.4 Å². The maximum absolute atomic E-state index is 12.4. The lowest BCUT2D eigenvalue weighted by molar-refractivity contribution is -0.118. The molecule has 1 aliphatic heterocycles. The van der Waals surface area contributed by atoms with Gasteiger partial charge in [0, 0.05) is 30.2 Å². The summed E-state index contributed by atoms with van der Waals surface area (Å²) in [5.74, 6) is -0.643. The van der Waals surface area contributed by atoms with E-state index in [1.54, 1.807) is 30.1 Å². The van der Waals surface area contributed by atoms with E-state index in [0.29, 0.717) is 17.5 Å². The van der Waals surface area contributed by atoms with Gasteiger partial charge in [-0.2, -0.15) is 0 Å². The number of rotatable bonds is 5. The monoisotopic (exact) mass is 414 g/mol. The molecular weight excluding hydrogens is 396 g/mol. The van der Waals surface area contributed by atoms with Gasteiger partial charge in [-0.1, -0.05) is 33.6 Å². The van der Waals surface area contributed by atoms with Crippen LogP contribution in [0.4, 0.5) is 5.69 Å². The number of amides is 3. The number of hydrogen-bond acceptors (Lipinski definition) is 3. The van der Waals surface area contributed by atoms with Crippen molar-refractivity contribution in [3.8, 4) is 0 Å². The third-order valence-corrected chi connectivity index (χ3v) is 4.99. The lowest BCUT2D eigenvalue weighted by Gasteiger charge is -2.18. The Morgan fingerprint density at radius 2 is 1.69 bits per heavy atom. The molecule has 26 heavy (non-hydrogen) atoms. The van der Waals surface area contributed by atoms with Crippen molar-refractivity contribution in [2.45, 2.75) is 19.8 Å². The molecule has 6 heteroatoms. The highest BCUT2D eigenvalue weighted by molar-refractivity contribution is 9.10. The van der Waals surface area contributed by atoms with Crippen LogP contribution in [0.2, 0.25) is 0 Å². The second kappa shape index (κ2) is 7.41. The van der Waals surface area contributed by atoms with Gasteiger partial charge in [0.2, 0.25) is 5.91 Å². The van der Waals surface area contributed by atoms with E-state index in [1.165, 1.54) is 4.90 Å². The third-order valence-electron chi connectivity index (χ3n) is 4.50. The molecule has 134 valence electrons. The van der Waals surface area contributed by atoms with Crippen molar-refractivity contribution in [3.63, 3.8) is 0 Å². The van der Waals surface area contributed by atoms with E-state index >= 15 is 0 Å². The van der Waals surface area contributed by atoms with Crippen LogP contribution in [0.3, 0.4) is 0 Å².